The molecular weight excluding hydrogens is 222 g/mol. The number of hydrogen-bond acceptors (Lipinski definition) is 3. The third-order valence-corrected chi connectivity index (χ3v) is 4.10. The zero-order valence-corrected chi connectivity index (χ0v) is 11.2. The van der Waals surface area contributed by atoms with E-state index in [1.807, 2.05) is 12.3 Å². The van der Waals surface area contributed by atoms with Crippen LogP contribution >= 0.6 is 0 Å². The van der Waals surface area contributed by atoms with Crippen molar-refractivity contribution in [1.82, 2.24) is 10.3 Å². The van der Waals surface area contributed by atoms with Crippen molar-refractivity contribution >= 4 is 5.82 Å². The predicted octanol–water partition coefficient (Wildman–Crippen LogP) is 2.36. The van der Waals surface area contributed by atoms with E-state index in [4.69, 9.17) is 0 Å². The van der Waals surface area contributed by atoms with Gasteiger partial charge in [0, 0.05) is 18.8 Å². The van der Waals surface area contributed by atoms with E-state index in [1.54, 1.807) is 0 Å². The van der Waals surface area contributed by atoms with Crippen LogP contribution in [0.1, 0.15) is 31.2 Å². The second-order valence-corrected chi connectivity index (χ2v) is 5.74. The molecule has 1 aliphatic heterocycles. The summed E-state index contributed by atoms with van der Waals surface area (Å²) in [5.41, 5.74) is 1.31. The molecule has 1 atom stereocenters. The first-order valence-electron chi connectivity index (χ1n) is 7.23. The summed E-state index contributed by atoms with van der Waals surface area (Å²) >= 11 is 0. The van der Waals surface area contributed by atoms with Crippen molar-refractivity contribution in [3.05, 3.63) is 23.9 Å². The Hall–Kier alpha value is -1.09. The van der Waals surface area contributed by atoms with Crippen LogP contribution < -0.4 is 10.2 Å². The summed E-state index contributed by atoms with van der Waals surface area (Å²) in [4.78, 5) is 7.17. The molecule has 1 saturated carbocycles. The minimum absolute atomic E-state index is 0.750. The fraction of sp³-hybridized carbons (Fsp3) is 0.667. The minimum atomic E-state index is 0.750. The highest BCUT2D eigenvalue weighted by molar-refractivity contribution is 5.48. The molecule has 2 fully saturated rings. The number of hydrogen-bond donors (Lipinski definition) is 1. The molecule has 3 nitrogen and oxygen atoms in total. The largest absolute Gasteiger partial charge is 0.353 e. The molecule has 2 aliphatic rings. The van der Waals surface area contributed by atoms with Gasteiger partial charge in [-0.05, 0) is 63.2 Å². The van der Waals surface area contributed by atoms with Crippen LogP contribution in [0.3, 0.4) is 0 Å². The Morgan fingerprint density at radius 1 is 1.39 bits per heavy atom. The summed E-state index contributed by atoms with van der Waals surface area (Å²) in [7, 11) is 0. The van der Waals surface area contributed by atoms with Crippen molar-refractivity contribution in [3.8, 4) is 0 Å². The standard InChI is InChI=1S/C15H23N3/c1-12-4-2-9-17-15(12)18(14-6-7-14)11-13-5-3-8-16-10-13/h2,4,9,13-14,16H,3,5-8,10-11H2,1H3. The topological polar surface area (TPSA) is 28.2 Å². The van der Waals surface area contributed by atoms with Crippen LogP contribution in [0, 0.1) is 12.8 Å². The number of pyridine rings is 1. The second-order valence-electron chi connectivity index (χ2n) is 5.74. The third-order valence-electron chi connectivity index (χ3n) is 4.10. The maximum atomic E-state index is 4.61. The van der Waals surface area contributed by atoms with Crippen LogP contribution in [0.4, 0.5) is 5.82 Å². The molecule has 1 unspecified atom stereocenters. The summed E-state index contributed by atoms with van der Waals surface area (Å²) in [5, 5.41) is 3.52. The van der Waals surface area contributed by atoms with Crippen LogP contribution in [0.5, 0.6) is 0 Å². The van der Waals surface area contributed by atoms with Gasteiger partial charge < -0.3 is 10.2 Å². The first-order valence-corrected chi connectivity index (χ1v) is 7.23. The van der Waals surface area contributed by atoms with Gasteiger partial charge in [0.05, 0.1) is 0 Å². The number of rotatable bonds is 4. The zero-order chi connectivity index (χ0) is 12.4. The van der Waals surface area contributed by atoms with Crippen molar-refractivity contribution in [2.75, 3.05) is 24.5 Å². The van der Waals surface area contributed by atoms with Gasteiger partial charge in [-0.1, -0.05) is 6.07 Å². The summed E-state index contributed by atoms with van der Waals surface area (Å²) in [6.07, 6.45) is 7.30. The smallest absolute Gasteiger partial charge is 0.131 e. The van der Waals surface area contributed by atoms with Gasteiger partial charge in [0.2, 0.25) is 0 Å². The lowest BCUT2D eigenvalue weighted by atomic mass is 9.99. The van der Waals surface area contributed by atoms with E-state index in [-0.39, 0.29) is 0 Å². The number of aryl methyl sites for hydroxylation is 1. The predicted molar refractivity (Wildman–Crippen MR) is 74.9 cm³/mol. The maximum absolute atomic E-state index is 4.61. The molecule has 1 saturated heterocycles. The van der Waals surface area contributed by atoms with Gasteiger partial charge >= 0.3 is 0 Å². The average molecular weight is 245 g/mol. The molecule has 1 aromatic rings. The number of nitrogens with one attached hydrogen (secondary N) is 1. The summed E-state index contributed by atoms with van der Waals surface area (Å²) in [6, 6.07) is 4.96. The highest BCUT2D eigenvalue weighted by Gasteiger charge is 2.32. The Bertz CT molecular complexity index is 394. The number of nitrogens with zero attached hydrogens (tertiary/aromatic N) is 2. The van der Waals surface area contributed by atoms with E-state index in [9.17, 15) is 0 Å². The van der Waals surface area contributed by atoms with E-state index < -0.39 is 0 Å². The van der Waals surface area contributed by atoms with Gasteiger partial charge in [0.1, 0.15) is 5.82 Å². The van der Waals surface area contributed by atoms with Crippen molar-refractivity contribution in [1.29, 1.82) is 0 Å². The van der Waals surface area contributed by atoms with Crippen LogP contribution in [0.2, 0.25) is 0 Å². The fourth-order valence-electron chi connectivity index (χ4n) is 2.93. The monoisotopic (exact) mass is 245 g/mol. The lowest BCUT2D eigenvalue weighted by Gasteiger charge is -2.31. The maximum Gasteiger partial charge on any atom is 0.131 e. The zero-order valence-electron chi connectivity index (χ0n) is 11.2. The molecule has 3 heteroatoms. The highest BCUT2D eigenvalue weighted by Crippen LogP contribution is 2.33. The molecule has 1 aromatic heterocycles. The molecule has 1 N–H and O–H groups in total. The summed E-state index contributed by atoms with van der Waals surface area (Å²) < 4.78 is 0. The van der Waals surface area contributed by atoms with E-state index in [0.29, 0.717) is 0 Å². The molecule has 0 bridgehead atoms. The molecule has 0 radical (unpaired) electrons. The molecule has 0 amide bonds. The molecule has 98 valence electrons. The van der Waals surface area contributed by atoms with E-state index in [0.717, 1.165) is 12.0 Å². The first kappa shape index (κ1) is 12.0. The van der Waals surface area contributed by atoms with Gasteiger partial charge in [-0.2, -0.15) is 0 Å². The Balaban J connectivity index is 1.73. The normalized spacial score (nSPS) is 23.9. The highest BCUT2D eigenvalue weighted by atomic mass is 15.2. The molecule has 2 heterocycles. The van der Waals surface area contributed by atoms with Crippen molar-refractivity contribution in [3.63, 3.8) is 0 Å². The number of anilines is 1. The quantitative estimate of drug-likeness (QED) is 0.882. The first-order chi connectivity index (χ1) is 8.84. The Kier molecular flexibility index (Phi) is 3.50. The lowest BCUT2D eigenvalue weighted by molar-refractivity contribution is 0.375. The molecule has 0 aromatic carbocycles. The SMILES string of the molecule is Cc1cccnc1N(CC1CCCNC1)C1CC1. The summed E-state index contributed by atoms with van der Waals surface area (Å²) in [5.74, 6) is 2.01. The number of piperidine rings is 1. The second kappa shape index (κ2) is 5.27. The Morgan fingerprint density at radius 2 is 2.28 bits per heavy atom. The van der Waals surface area contributed by atoms with Gasteiger partial charge in [-0.3, -0.25) is 0 Å². The summed E-state index contributed by atoms with van der Waals surface area (Å²) in [6.45, 7) is 5.73. The van der Waals surface area contributed by atoms with Gasteiger partial charge in [0.15, 0.2) is 0 Å². The van der Waals surface area contributed by atoms with Crippen molar-refractivity contribution in [2.24, 2.45) is 5.92 Å². The van der Waals surface area contributed by atoms with Gasteiger partial charge in [0.25, 0.3) is 0 Å². The van der Waals surface area contributed by atoms with Crippen LogP contribution in [0.25, 0.3) is 0 Å². The molecular formula is C15H23N3. The van der Waals surface area contributed by atoms with E-state index >= 15 is 0 Å². The Morgan fingerprint density at radius 3 is 2.94 bits per heavy atom. The Labute approximate surface area is 110 Å². The van der Waals surface area contributed by atoms with Crippen molar-refractivity contribution in [2.45, 2.75) is 38.6 Å². The number of aromatic nitrogens is 1. The molecule has 3 rings (SSSR count). The third kappa shape index (κ3) is 2.66. The van der Waals surface area contributed by atoms with Gasteiger partial charge in [-0.25, -0.2) is 4.98 Å². The molecule has 1 aliphatic carbocycles. The van der Waals surface area contributed by atoms with Gasteiger partial charge in [-0.15, -0.1) is 0 Å². The van der Waals surface area contributed by atoms with Crippen LogP contribution in [-0.4, -0.2) is 30.7 Å². The fourth-order valence-corrected chi connectivity index (χ4v) is 2.93. The minimum Gasteiger partial charge on any atom is -0.353 e. The van der Waals surface area contributed by atoms with Crippen molar-refractivity contribution < 1.29 is 0 Å². The lowest BCUT2D eigenvalue weighted by Crippen LogP contribution is -2.40. The van der Waals surface area contributed by atoms with Crippen LogP contribution in [0.15, 0.2) is 18.3 Å². The molecule has 0 spiro atoms. The molecule has 18 heavy (non-hydrogen) atoms. The average Bonchev–Trinajstić information content (AvgIpc) is 3.23. The van der Waals surface area contributed by atoms with E-state index in [2.05, 4.69) is 28.2 Å². The van der Waals surface area contributed by atoms with E-state index in [1.165, 1.54) is 56.7 Å². The van der Waals surface area contributed by atoms with Crippen LogP contribution in [-0.2, 0) is 0 Å².